The van der Waals surface area contributed by atoms with Crippen LogP contribution in [-0.2, 0) is 20.7 Å². The van der Waals surface area contributed by atoms with Gasteiger partial charge in [0, 0.05) is 0 Å². The highest BCUT2D eigenvalue weighted by molar-refractivity contribution is 6.16. The van der Waals surface area contributed by atoms with Crippen molar-refractivity contribution in [1.29, 1.82) is 0 Å². The molecule has 0 heterocycles. The Labute approximate surface area is 99.5 Å². The number of methoxy groups -OCH3 is 1. The molecular formula is C13H14O4. The molecule has 0 atom stereocenters. The lowest BCUT2D eigenvalue weighted by Crippen LogP contribution is -2.04. The Balaban J connectivity index is 2.93. The van der Waals surface area contributed by atoms with Gasteiger partial charge < -0.3 is 9.84 Å². The molecule has 0 aromatic heterocycles. The standard InChI is InChI=1S/C13H14O4/c1-3-11(13(16)17-2)10-6-4-9(5-7-10)8-12(14)15/h3-7H,8H2,1-2H3,(H,14,15). The maximum absolute atomic E-state index is 11.4. The van der Waals surface area contributed by atoms with Gasteiger partial charge >= 0.3 is 11.9 Å². The van der Waals surface area contributed by atoms with Gasteiger partial charge in [-0.25, -0.2) is 4.79 Å². The van der Waals surface area contributed by atoms with Crippen molar-refractivity contribution in [3.8, 4) is 0 Å². The SMILES string of the molecule is CC=C(C(=O)OC)c1ccc(CC(=O)O)cc1. The summed E-state index contributed by atoms with van der Waals surface area (Å²) in [6.07, 6.45) is 1.64. The molecule has 0 spiro atoms. The Bertz CT molecular complexity index is 443. The first-order valence-corrected chi connectivity index (χ1v) is 5.14. The number of benzene rings is 1. The number of ether oxygens (including phenoxy) is 1. The highest BCUT2D eigenvalue weighted by atomic mass is 16.5. The number of carboxylic acid groups (broad SMARTS) is 1. The average molecular weight is 234 g/mol. The molecule has 17 heavy (non-hydrogen) atoms. The van der Waals surface area contributed by atoms with Crippen molar-refractivity contribution in [2.24, 2.45) is 0 Å². The van der Waals surface area contributed by atoms with Gasteiger partial charge in [-0.2, -0.15) is 0 Å². The van der Waals surface area contributed by atoms with Crippen LogP contribution in [0.4, 0.5) is 0 Å². The molecule has 1 N–H and O–H groups in total. The number of aliphatic carboxylic acids is 1. The van der Waals surface area contributed by atoms with Gasteiger partial charge in [0.25, 0.3) is 0 Å². The quantitative estimate of drug-likeness (QED) is 0.638. The number of carbonyl (C=O) groups excluding carboxylic acids is 1. The van der Waals surface area contributed by atoms with E-state index in [0.717, 1.165) is 0 Å². The summed E-state index contributed by atoms with van der Waals surface area (Å²) >= 11 is 0. The molecule has 4 heteroatoms. The normalized spacial score (nSPS) is 11.1. The molecule has 1 rings (SSSR count). The summed E-state index contributed by atoms with van der Waals surface area (Å²) in [5, 5.41) is 8.63. The van der Waals surface area contributed by atoms with E-state index in [1.165, 1.54) is 7.11 Å². The van der Waals surface area contributed by atoms with Crippen molar-refractivity contribution >= 4 is 17.5 Å². The number of carbonyl (C=O) groups is 2. The molecule has 0 aliphatic carbocycles. The largest absolute Gasteiger partial charge is 0.481 e. The molecule has 90 valence electrons. The van der Waals surface area contributed by atoms with E-state index in [1.54, 1.807) is 37.3 Å². The fraction of sp³-hybridized carbons (Fsp3) is 0.231. The van der Waals surface area contributed by atoms with Gasteiger partial charge in [-0.05, 0) is 18.1 Å². The number of esters is 1. The lowest BCUT2D eigenvalue weighted by Gasteiger charge is -2.05. The Morgan fingerprint density at radius 2 is 1.88 bits per heavy atom. The zero-order valence-electron chi connectivity index (χ0n) is 9.77. The number of rotatable bonds is 4. The van der Waals surface area contributed by atoms with E-state index in [2.05, 4.69) is 4.74 Å². The third-order valence-corrected chi connectivity index (χ3v) is 2.31. The number of allylic oxidation sites excluding steroid dienone is 1. The monoisotopic (exact) mass is 234 g/mol. The predicted molar refractivity (Wildman–Crippen MR) is 63.4 cm³/mol. The van der Waals surface area contributed by atoms with Crippen LogP contribution in [-0.4, -0.2) is 24.2 Å². The molecule has 0 unspecified atom stereocenters. The zero-order chi connectivity index (χ0) is 12.8. The second kappa shape index (κ2) is 5.84. The molecule has 0 amide bonds. The topological polar surface area (TPSA) is 63.6 Å². The van der Waals surface area contributed by atoms with E-state index in [1.807, 2.05) is 0 Å². The fourth-order valence-electron chi connectivity index (χ4n) is 1.49. The molecule has 0 saturated heterocycles. The van der Waals surface area contributed by atoms with Crippen molar-refractivity contribution in [3.05, 3.63) is 41.5 Å². The highest BCUT2D eigenvalue weighted by Crippen LogP contribution is 2.16. The summed E-state index contributed by atoms with van der Waals surface area (Å²) in [6, 6.07) is 6.81. The van der Waals surface area contributed by atoms with Crippen molar-refractivity contribution in [3.63, 3.8) is 0 Å². The third-order valence-electron chi connectivity index (χ3n) is 2.31. The van der Waals surface area contributed by atoms with E-state index in [4.69, 9.17) is 5.11 Å². The number of hydrogen-bond acceptors (Lipinski definition) is 3. The van der Waals surface area contributed by atoms with Gasteiger partial charge in [0.15, 0.2) is 0 Å². The van der Waals surface area contributed by atoms with E-state index in [9.17, 15) is 9.59 Å². The molecule has 1 aromatic rings. The van der Waals surface area contributed by atoms with Crippen molar-refractivity contribution in [2.45, 2.75) is 13.3 Å². The van der Waals surface area contributed by atoms with Gasteiger partial charge in [0.1, 0.15) is 0 Å². The minimum Gasteiger partial charge on any atom is -0.481 e. The first kappa shape index (κ1) is 13.0. The molecule has 0 bridgehead atoms. The summed E-state index contributed by atoms with van der Waals surface area (Å²) in [4.78, 5) is 21.9. The molecule has 0 aliphatic heterocycles. The lowest BCUT2D eigenvalue weighted by atomic mass is 10.0. The molecule has 1 aromatic carbocycles. The molecule has 0 radical (unpaired) electrons. The van der Waals surface area contributed by atoms with Gasteiger partial charge in [0.2, 0.25) is 0 Å². The number of carboxylic acids is 1. The predicted octanol–water partition coefficient (Wildman–Crippen LogP) is 1.89. The Morgan fingerprint density at radius 3 is 2.29 bits per heavy atom. The van der Waals surface area contributed by atoms with Gasteiger partial charge in [0.05, 0.1) is 19.1 Å². The second-order valence-corrected chi connectivity index (χ2v) is 3.46. The average Bonchev–Trinajstić information content (AvgIpc) is 2.31. The van der Waals surface area contributed by atoms with E-state index < -0.39 is 11.9 Å². The molecular weight excluding hydrogens is 220 g/mol. The van der Waals surface area contributed by atoms with E-state index in [-0.39, 0.29) is 6.42 Å². The fourth-order valence-corrected chi connectivity index (χ4v) is 1.49. The van der Waals surface area contributed by atoms with Crippen LogP contribution < -0.4 is 0 Å². The van der Waals surface area contributed by atoms with Crippen LogP contribution in [0.3, 0.4) is 0 Å². The smallest absolute Gasteiger partial charge is 0.338 e. The van der Waals surface area contributed by atoms with Crippen molar-refractivity contribution in [1.82, 2.24) is 0 Å². The minimum absolute atomic E-state index is 0.0241. The Hall–Kier alpha value is -2.10. The Morgan fingerprint density at radius 1 is 1.29 bits per heavy atom. The summed E-state index contributed by atoms with van der Waals surface area (Å²) in [5.74, 6) is -1.28. The minimum atomic E-state index is -0.878. The summed E-state index contributed by atoms with van der Waals surface area (Å²) < 4.78 is 4.65. The maximum atomic E-state index is 11.4. The van der Waals surface area contributed by atoms with Gasteiger partial charge in [-0.15, -0.1) is 0 Å². The molecule has 4 nitrogen and oxygen atoms in total. The lowest BCUT2D eigenvalue weighted by molar-refractivity contribution is -0.136. The van der Waals surface area contributed by atoms with Gasteiger partial charge in [-0.1, -0.05) is 30.3 Å². The summed E-state index contributed by atoms with van der Waals surface area (Å²) in [6.45, 7) is 1.75. The highest BCUT2D eigenvalue weighted by Gasteiger charge is 2.11. The number of hydrogen-bond donors (Lipinski definition) is 1. The summed E-state index contributed by atoms with van der Waals surface area (Å²) in [7, 11) is 1.32. The van der Waals surface area contributed by atoms with E-state index >= 15 is 0 Å². The first-order chi connectivity index (χ1) is 8.08. The van der Waals surface area contributed by atoms with Gasteiger partial charge in [-0.3, -0.25) is 4.79 Å². The third kappa shape index (κ3) is 3.45. The summed E-state index contributed by atoms with van der Waals surface area (Å²) in [5.41, 5.74) is 1.88. The van der Waals surface area contributed by atoms with Crippen molar-refractivity contribution in [2.75, 3.05) is 7.11 Å². The van der Waals surface area contributed by atoms with Crippen LogP contribution >= 0.6 is 0 Å². The van der Waals surface area contributed by atoms with Crippen LogP contribution in [0.15, 0.2) is 30.3 Å². The molecule has 0 fully saturated rings. The van der Waals surface area contributed by atoms with Crippen LogP contribution in [0.1, 0.15) is 18.1 Å². The zero-order valence-corrected chi connectivity index (χ0v) is 9.77. The Kier molecular flexibility index (Phi) is 4.46. The van der Waals surface area contributed by atoms with Crippen LogP contribution in [0.25, 0.3) is 5.57 Å². The second-order valence-electron chi connectivity index (χ2n) is 3.46. The van der Waals surface area contributed by atoms with Crippen molar-refractivity contribution < 1.29 is 19.4 Å². The van der Waals surface area contributed by atoms with Crippen LogP contribution in [0, 0.1) is 0 Å². The maximum Gasteiger partial charge on any atom is 0.338 e. The van der Waals surface area contributed by atoms with E-state index in [0.29, 0.717) is 16.7 Å². The van der Waals surface area contributed by atoms with Crippen LogP contribution in [0.5, 0.6) is 0 Å². The van der Waals surface area contributed by atoms with Crippen LogP contribution in [0.2, 0.25) is 0 Å². The first-order valence-electron chi connectivity index (χ1n) is 5.14. The molecule has 0 aliphatic rings. The molecule has 0 saturated carbocycles.